The van der Waals surface area contributed by atoms with Crippen LogP contribution in [0.3, 0.4) is 0 Å². The third-order valence-corrected chi connectivity index (χ3v) is 2.39. The van der Waals surface area contributed by atoms with Crippen molar-refractivity contribution in [3.05, 3.63) is 29.3 Å². The van der Waals surface area contributed by atoms with Gasteiger partial charge in [-0.1, -0.05) is 0 Å². The molecule has 1 aromatic carbocycles. The number of thiol groups is 1. The molecule has 0 aliphatic rings. The Morgan fingerprint density at radius 2 is 1.93 bits per heavy atom. The van der Waals surface area contributed by atoms with Crippen molar-refractivity contribution in [2.75, 3.05) is 11.5 Å². The highest BCUT2D eigenvalue weighted by atomic mass is 32.1. The lowest BCUT2D eigenvalue weighted by atomic mass is 10.0. The van der Waals surface area contributed by atoms with E-state index in [-0.39, 0.29) is 11.4 Å². The Morgan fingerprint density at radius 3 is 2.47 bits per heavy atom. The van der Waals surface area contributed by atoms with E-state index in [2.05, 4.69) is 12.6 Å². The average molecular weight is 235 g/mol. The summed E-state index contributed by atoms with van der Waals surface area (Å²) in [5.41, 5.74) is 4.84. The van der Waals surface area contributed by atoms with Gasteiger partial charge in [0.15, 0.2) is 11.6 Å². The molecular weight excluding hydrogens is 224 g/mol. The molecule has 1 rings (SSSR count). The van der Waals surface area contributed by atoms with Gasteiger partial charge in [0.25, 0.3) is 0 Å². The first-order chi connectivity index (χ1) is 6.99. The summed E-state index contributed by atoms with van der Waals surface area (Å²) in [5.74, 6) is -2.45. The molecule has 0 fully saturated rings. The Balaban J connectivity index is 3.18. The first-order valence-corrected chi connectivity index (χ1v) is 4.82. The molecule has 6 heteroatoms. The minimum atomic E-state index is -1.59. The van der Waals surface area contributed by atoms with Crippen LogP contribution in [0.5, 0.6) is 0 Å². The lowest BCUT2D eigenvalue weighted by molar-refractivity contribution is 0.0316. The van der Waals surface area contributed by atoms with Crippen LogP contribution in [0.2, 0.25) is 0 Å². The maximum absolute atomic E-state index is 13.3. The van der Waals surface area contributed by atoms with Gasteiger partial charge in [-0.2, -0.15) is 12.6 Å². The Morgan fingerprint density at radius 1 is 1.33 bits per heavy atom. The number of aliphatic hydroxyl groups is 2. The minimum Gasteiger partial charge on any atom is -0.398 e. The van der Waals surface area contributed by atoms with Crippen LogP contribution in [0, 0.1) is 11.6 Å². The zero-order valence-electron chi connectivity index (χ0n) is 7.69. The van der Waals surface area contributed by atoms with Crippen molar-refractivity contribution in [2.24, 2.45) is 0 Å². The number of hydrogen-bond acceptors (Lipinski definition) is 4. The molecule has 2 atom stereocenters. The Hall–Kier alpha value is -0.850. The van der Waals surface area contributed by atoms with E-state index >= 15 is 0 Å². The second kappa shape index (κ2) is 4.78. The fourth-order valence-electron chi connectivity index (χ4n) is 1.17. The largest absolute Gasteiger partial charge is 0.398 e. The molecule has 0 radical (unpaired) electrons. The van der Waals surface area contributed by atoms with Gasteiger partial charge in [-0.25, -0.2) is 8.78 Å². The maximum Gasteiger partial charge on any atom is 0.166 e. The van der Waals surface area contributed by atoms with Crippen molar-refractivity contribution in [1.82, 2.24) is 0 Å². The van der Waals surface area contributed by atoms with Crippen LogP contribution in [-0.2, 0) is 0 Å². The Kier molecular flexibility index (Phi) is 3.90. The molecule has 0 aromatic heterocycles. The lowest BCUT2D eigenvalue weighted by Gasteiger charge is -2.18. The number of hydrogen-bond donors (Lipinski definition) is 4. The third-order valence-electron chi connectivity index (χ3n) is 2.01. The lowest BCUT2D eigenvalue weighted by Crippen LogP contribution is -2.22. The first-order valence-electron chi connectivity index (χ1n) is 4.19. The predicted octanol–water partition coefficient (Wildman–Crippen LogP) is 0.871. The van der Waals surface area contributed by atoms with E-state index in [9.17, 15) is 19.0 Å². The summed E-state index contributed by atoms with van der Waals surface area (Å²) in [6.07, 6.45) is -2.88. The average Bonchev–Trinajstić information content (AvgIpc) is 2.22. The summed E-state index contributed by atoms with van der Waals surface area (Å²) in [5, 5.41) is 18.7. The van der Waals surface area contributed by atoms with E-state index in [1.165, 1.54) is 0 Å². The number of benzene rings is 1. The molecule has 0 heterocycles. The molecule has 2 unspecified atom stereocenters. The molecule has 0 saturated carbocycles. The molecule has 0 bridgehead atoms. The molecule has 0 spiro atoms. The summed E-state index contributed by atoms with van der Waals surface area (Å²) in [7, 11) is 0. The van der Waals surface area contributed by atoms with Gasteiger partial charge in [-0.15, -0.1) is 0 Å². The second-order valence-electron chi connectivity index (χ2n) is 3.06. The van der Waals surface area contributed by atoms with Gasteiger partial charge in [0.2, 0.25) is 0 Å². The monoisotopic (exact) mass is 235 g/mol. The maximum atomic E-state index is 13.3. The normalized spacial score (nSPS) is 15.0. The summed E-state index contributed by atoms with van der Waals surface area (Å²) in [6.45, 7) is 0. The van der Waals surface area contributed by atoms with Crippen LogP contribution in [0.25, 0.3) is 0 Å². The first kappa shape index (κ1) is 12.2. The van der Waals surface area contributed by atoms with Gasteiger partial charge in [0.1, 0.15) is 6.10 Å². The summed E-state index contributed by atoms with van der Waals surface area (Å²) < 4.78 is 26.1. The highest BCUT2D eigenvalue weighted by Crippen LogP contribution is 2.28. The Bertz CT molecular complexity index is 362. The fraction of sp³-hybridized carbons (Fsp3) is 0.333. The van der Waals surface area contributed by atoms with E-state index in [1.807, 2.05) is 0 Å². The summed E-state index contributed by atoms with van der Waals surface area (Å²) in [6, 6.07) is 1.98. The van der Waals surface area contributed by atoms with E-state index in [0.29, 0.717) is 0 Å². The van der Waals surface area contributed by atoms with Gasteiger partial charge in [0.05, 0.1) is 6.10 Å². The van der Waals surface area contributed by atoms with Gasteiger partial charge in [-0.05, 0) is 12.1 Å². The number of nitrogen functional groups attached to an aromatic ring is 1. The summed E-state index contributed by atoms with van der Waals surface area (Å²) >= 11 is 3.73. The quantitative estimate of drug-likeness (QED) is 0.464. The van der Waals surface area contributed by atoms with Crippen LogP contribution in [0.15, 0.2) is 12.1 Å². The van der Waals surface area contributed by atoms with Crippen molar-refractivity contribution in [2.45, 2.75) is 12.2 Å². The SMILES string of the molecule is Nc1ccc(F)c(F)c1C(O)C(O)CS. The number of aliphatic hydroxyl groups excluding tert-OH is 2. The Labute approximate surface area is 90.9 Å². The predicted molar refractivity (Wildman–Crippen MR) is 55.6 cm³/mol. The number of rotatable bonds is 3. The van der Waals surface area contributed by atoms with Crippen LogP contribution in [0.4, 0.5) is 14.5 Å². The smallest absolute Gasteiger partial charge is 0.166 e. The van der Waals surface area contributed by atoms with Gasteiger partial charge >= 0.3 is 0 Å². The van der Waals surface area contributed by atoms with Gasteiger partial charge in [-0.3, -0.25) is 0 Å². The molecule has 0 aliphatic heterocycles. The van der Waals surface area contributed by atoms with Crippen LogP contribution in [0.1, 0.15) is 11.7 Å². The van der Waals surface area contributed by atoms with Gasteiger partial charge in [0, 0.05) is 17.0 Å². The van der Waals surface area contributed by atoms with Crippen molar-refractivity contribution in [1.29, 1.82) is 0 Å². The van der Waals surface area contributed by atoms with E-state index in [0.717, 1.165) is 12.1 Å². The standard InChI is InChI=1S/C9H11F2NO2S/c10-4-1-2-5(12)7(8(4)11)9(14)6(13)3-15/h1-2,6,9,13-15H,3,12H2. The molecule has 3 nitrogen and oxygen atoms in total. The zero-order chi connectivity index (χ0) is 11.6. The highest BCUT2D eigenvalue weighted by Gasteiger charge is 2.24. The number of nitrogens with two attached hydrogens (primary N) is 1. The van der Waals surface area contributed by atoms with Crippen LogP contribution in [-0.4, -0.2) is 22.1 Å². The fourth-order valence-corrected chi connectivity index (χ4v) is 1.37. The molecule has 84 valence electrons. The minimum absolute atomic E-state index is 0.0867. The van der Waals surface area contributed by atoms with Crippen molar-refractivity contribution in [3.8, 4) is 0 Å². The van der Waals surface area contributed by atoms with Crippen LogP contribution < -0.4 is 5.73 Å². The zero-order valence-corrected chi connectivity index (χ0v) is 8.59. The topological polar surface area (TPSA) is 66.5 Å². The van der Waals surface area contributed by atoms with Gasteiger partial charge < -0.3 is 15.9 Å². The molecule has 15 heavy (non-hydrogen) atoms. The van der Waals surface area contributed by atoms with E-state index in [1.54, 1.807) is 0 Å². The number of anilines is 1. The number of halogens is 2. The molecular formula is C9H11F2NO2S. The van der Waals surface area contributed by atoms with E-state index < -0.39 is 29.4 Å². The molecule has 0 aliphatic carbocycles. The van der Waals surface area contributed by atoms with Crippen LogP contribution >= 0.6 is 12.6 Å². The molecule has 4 N–H and O–H groups in total. The van der Waals surface area contributed by atoms with E-state index in [4.69, 9.17) is 5.73 Å². The van der Waals surface area contributed by atoms with Crippen molar-refractivity contribution in [3.63, 3.8) is 0 Å². The third kappa shape index (κ3) is 2.39. The molecule has 0 saturated heterocycles. The molecule has 0 amide bonds. The highest BCUT2D eigenvalue weighted by molar-refractivity contribution is 7.80. The second-order valence-corrected chi connectivity index (χ2v) is 3.42. The van der Waals surface area contributed by atoms with Crippen molar-refractivity contribution >= 4 is 18.3 Å². The summed E-state index contributed by atoms with van der Waals surface area (Å²) in [4.78, 5) is 0. The van der Waals surface area contributed by atoms with Crippen molar-refractivity contribution < 1.29 is 19.0 Å². The molecule has 1 aromatic rings.